The van der Waals surface area contributed by atoms with Crippen LogP contribution < -0.4 is 10.1 Å². The van der Waals surface area contributed by atoms with Gasteiger partial charge in [0.25, 0.3) is 0 Å². The first-order chi connectivity index (χ1) is 8.74. The third-order valence-electron chi connectivity index (χ3n) is 3.28. The highest BCUT2D eigenvalue weighted by atomic mass is 16.5. The number of nitriles is 1. The van der Waals surface area contributed by atoms with Gasteiger partial charge in [0.2, 0.25) is 0 Å². The maximum Gasteiger partial charge on any atom is 0.151 e. The summed E-state index contributed by atoms with van der Waals surface area (Å²) in [6.45, 7) is 0.394. The third-order valence-corrected chi connectivity index (χ3v) is 3.28. The lowest BCUT2D eigenvalue weighted by Crippen LogP contribution is -2.43. The van der Waals surface area contributed by atoms with Gasteiger partial charge in [0, 0.05) is 18.9 Å². The van der Waals surface area contributed by atoms with Gasteiger partial charge in [0.15, 0.2) is 5.54 Å². The van der Waals surface area contributed by atoms with Crippen LogP contribution in [0.5, 0.6) is 5.75 Å². The first-order valence-electron chi connectivity index (χ1n) is 6.06. The molecule has 0 spiro atoms. The van der Waals surface area contributed by atoms with E-state index < -0.39 is 5.54 Å². The van der Waals surface area contributed by atoms with Gasteiger partial charge in [0.05, 0.1) is 19.8 Å². The molecule has 1 aromatic carbocycles. The first kappa shape index (κ1) is 12.7. The van der Waals surface area contributed by atoms with Crippen LogP contribution in [0, 0.1) is 17.2 Å². The molecule has 0 heterocycles. The van der Waals surface area contributed by atoms with Gasteiger partial charge < -0.3 is 14.8 Å². The minimum Gasteiger partial charge on any atom is -0.497 e. The number of rotatable bonds is 6. The van der Waals surface area contributed by atoms with Crippen LogP contribution in [0.3, 0.4) is 0 Å². The van der Waals surface area contributed by atoms with Gasteiger partial charge in [-0.2, -0.15) is 5.26 Å². The van der Waals surface area contributed by atoms with Crippen LogP contribution in [0.2, 0.25) is 0 Å². The molecule has 0 amide bonds. The van der Waals surface area contributed by atoms with Crippen molar-refractivity contribution in [1.29, 1.82) is 5.26 Å². The number of nitrogens with one attached hydrogen (secondary N) is 1. The van der Waals surface area contributed by atoms with Crippen LogP contribution in [-0.4, -0.2) is 26.4 Å². The zero-order valence-corrected chi connectivity index (χ0v) is 10.8. The lowest BCUT2D eigenvalue weighted by molar-refractivity contribution is 0.155. The summed E-state index contributed by atoms with van der Waals surface area (Å²) in [5, 5.41) is 12.8. The van der Waals surface area contributed by atoms with Gasteiger partial charge >= 0.3 is 0 Å². The monoisotopic (exact) mass is 246 g/mol. The summed E-state index contributed by atoms with van der Waals surface area (Å²) < 4.78 is 10.4. The molecule has 0 aromatic heterocycles. The van der Waals surface area contributed by atoms with Crippen molar-refractivity contribution in [2.24, 2.45) is 5.92 Å². The summed E-state index contributed by atoms with van der Waals surface area (Å²) in [6, 6.07) is 10.0. The van der Waals surface area contributed by atoms with Gasteiger partial charge in [-0.05, 0) is 30.9 Å². The predicted molar refractivity (Wildman–Crippen MR) is 69.6 cm³/mol. The number of nitrogens with zero attached hydrogens (tertiary/aromatic N) is 1. The fraction of sp³-hybridized carbons (Fsp3) is 0.500. The van der Waals surface area contributed by atoms with E-state index in [2.05, 4.69) is 11.4 Å². The van der Waals surface area contributed by atoms with Crippen LogP contribution in [0.1, 0.15) is 12.8 Å². The number of anilines is 1. The fourth-order valence-electron chi connectivity index (χ4n) is 2.17. The van der Waals surface area contributed by atoms with E-state index in [4.69, 9.17) is 9.47 Å². The molecule has 1 saturated carbocycles. The van der Waals surface area contributed by atoms with Crippen molar-refractivity contribution in [3.05, 3.63) is 24.3 Å². The molecule has 0 aliphatic heterocycles. The van der Waals surface area contributed by atoms with Crippen molar-refractivity contribution in [1.82, 2.24) is 0 Å². The molecule has 0 bridgehead atoms. The van der Waals surface area contributed by atoms with Crippen molar-refractivity contribution < 1.29 is 9.47 Å². The highest BCUT2D eigenvalue weighted by Gasteiger charge is 2.46. The average molecular weight is 246 g/mol. The van der Waals surface area contributed by atoms with E-state index in [-0.39, 0.29) is 0 Å². The number of hydrogen-bond donors (Lipinski definition) is 1. The standard InChI is InChI=1S/C14H18N2O2/c1-17-10-14(9-15,11-6-7-11)16-12-4-3-5-13(8-12)18-2/h3-5,8,11,16H,6-7,10H2,1-2H3. The van der Waals surface area contributed by atoms with Crippen molar-refractivity contribution in [3.63, 3.8) is 0 Å². The van der Waals surface area contributed by atoms with E-state index >= 15 is 0 Å². The second-order valence-electron chi connectivity index (χ2n) is 4.65. The van der Waals surface area contributed by atoms with E-state index in [1.54, 1.807) is 14.2 Å². The molecule has 1 atom stereocenters. The number of hydrogen-bond acceptors (Lipinski definition) is 4. The highest BCUT2D eigenvalue weighted by molar-refractivity contribution is 5.52. The molecule has 96 valence electrons. The zero-order chi connectivity index (χ0) is 13.0. The van der Waals surface area contributed by atoms with Crippen LogP contribution in [0.4, 0.5) is 5.69 Å². The Morgan fingerprint density at radius 3 is 2.78 bits per heavy atom. The Hall–Kier alpha value is -1.73. The summed E-state index contributed by atoms with van der Waals surface area (Å²) in [6.07, 6.45) is 2.15. The van der Waals surface area contributed by atoms with E-state index in [9.17, 15) is 5.26 Å². The lowest BCUT2D eigenvalue weighted by Gasteiger charge is -2.28. The van der Waals surface area contributed by atoms with Gasteiger partial charge in [-0.1, -0.05) is 6.07 Å². The third kappa shape index (κ3) is 2.57. The molecule has 1 aliphatic carbocycles. The van der Waals surface area contributed by atoms with E-state index in [0.717, 1.165) is 24.3 Å². The molecule has 4 nitrogen and oxygen atoms in total. The normalized spacial score (nSPS) is 17.6. The fourth-order valence-corrected chi connectivity index (χ4v) is 2.17. The molecule has 1 fully saturated rings. The Morgan fingerprint density at radius 1 is 1.44 bits per heavy atom. The quantitative estimate of drug-likeness (QED) is 0.837. The number of methoxy groups -OCH3 is 2. The molecule has 2 rings (SSSR count). The second kappa shape index (κ2) is 5.28. The average Bonchev–Trinajstić information content (AvgIpc) is 3.23. The molecule has 1 N–H and O–H groups in total. The van der Waals surface area contributed by atoms with Crippen LogP contribution in [-0.2, 0) is 4.74 Å². The Kier molecular flexibility index (Phi) is 3.73. The Labute approximate surface area is 108 Å². The Morgan fingerprint density at radius 2 is 2.22 bits per heavy atom. The van der Waals surface area contributed by atoms with Crippen molar-refractivity contribution in [2.45, 2.75) is 18.4 Å². The van der Waals surface area contributed by atoms with Gasteiger partial charge in [-0.15, -0.1) is 0 Å². The van der Waals surface area contributed by atoms with Crippen LogP contribution in [0.15, 0.2) is 24.3 Å². The van der Waals surface area contributed by atoms with Crippen LogP contribution >= 0.6 is 0 Å². The van der Waals surface area contributed by atoms with E-state index in [1.165, 1.54) is 0 Å². The topological polar surface area (TPSA) is 54.3 Å². The molecular weight excluding hydrogens is 228 g/mol. The maximum absolute atomic E-state index is 9.48. The molecule has 0 radical (unpaired) electrons. The predicted octanol–water partition coefficient (Wildman–Crippen LogP) is 2.43. The lowest BCUT2D eigenvalue weighted by atomic mass is 9.95. The van der Waals surface area contributed by atoms with Crippen molar-refractivity contribution in [3.8, 4) is 11.8 Å². The van der Waals surface area contributed by atoms with E-state index in [0.29, 0.717) is 12.5 Å². The minimum absolute atomic E-state index is 0.369. The summed E-state index contributed by atoms with van der Waals surface area (Å²) in [5.41, 5.74) is 0.265. The number of ether oxygens (including phenoxy) is 2. The molecular formula is C14H18N2O2. The zero-order valence-electron chi connectivity index (χ0n) is 10.8. The first-order valence-corrected chi connectivity index (χ1v) is 6.06. The van der Waals surface area contributed by atoms with Gasteiger partial charge in [0.1, 0.15) is 5.75 Å². The van der Waals surface area contributed by atoms with Crippen LogP contribution in [0.25, 0.3) is 0 Å². The van der Waals surface area contributed by atoms with E-state index in [1.807, 2.05) is 24.3 Å². The summed E-state index contributed by atoms with van der Waals surface area (Å²) in [4.78, 5) is 0. The maximum atomic E-state index is 9.48. The minimum atomic E-state index is -0.624. The van der Waals surface area contributed by atoms with Gasteiger partial charge in [-0.3, -0.25) is 0 Å². The molecule has 0 saturated heterocycles. The highest BCUT2D eigenvalue weighted by Crippen LogP contribution is 2.41. The van der Waals surface area contributed by atoms with Crippen molar-refractivity contribution in [2.75, 3.05) is 26.1 Å². The summed E-state index contributed by atoms with van der Waals surface area (Å²) in [7, 11) is 3.26. The molecule has 1 aromatic rings. The Balaban J connectivity index is 2.20. The second-order valence-corrected chi connectivity index (χ2v) is 4.65. The van der Waals surface area contributed by atoms with Gasteiger partial charge in [-0.25, -0.2) is 0 Å². The smallest absolute Gasteiger partial charge is 0.151 e. The SMILES string of the molecule is COCC(C#N)(Nc1cccc(OC)c1)C1CC1. The number of benzene rings is 1. The largest absolute Gasteiger partial charge is 0.497 e. The molecule has 4 heteroatoms. The molecule has 1 unspecified atom stereocenters. The molecule has 1 aliphatic rings. The Bertz CT molecular complexity index is 451. The summed E-state index contributed by atoms with van der Waals surface area (Å²) >= 11 is 0. The summed E-state index contributed by atoms with van der Waals surface area (Å²) in [5.74, 6) is 1.15. The molecule has 18 heavy (non-hydrogen) atoms. The van der Waals surface area contributed by atoms with Crippen molar-refractivity contribution >= 4 is 5.69 Å².